The maximum absolute atomic E-state index is 11.1. The Hall–Kier alpha value is -1.89. The van der Waals surface area contributed by atoms with Crippen LogP contribution in [0.1, 0.15) is 43.5 Å². The van der Waals surface area contributed by atoms with Crippen molar-refractivity contribution in [3.05, 3.63) is 17.6 Å². The Kier molecular flexibility index (Phi) is 3.90. The molecule has 1 amide bonds. The van der Waals surface area contributed by atoms with Crippen LogP contribution in [0, 0.1) is 0 Å². The minimum absolute atomic E-state index is 0.0300. The van der Waals surface area contributed by atoms with Crippen LogP contribution in [0.25, 0.3) is 0 Å². The summed E-state index contributed by atoms with van der Waals surface area (Å²) >= 11 is 0. The summed E-state index contributed by atoms with van der Waals surface area (Å²) in [6.07, 6.45) is 1.68. The minimum atomic E-state index is -0.854. The first-order valence-electron chi connectivity index (χ1n) is 7.65. The fraction of sp³-hybridized carbons (Fsp3) is 0.667. The van der Waals surface area contributed by atoms with Crippen molar-refractivity contribution in [3.63, 3.8) is 0 Å². The molecule has 7 heteroatoms. The highest BCUT2D eigenvalue weighted by molar-refractivity contribution is 5.66. The van der Waals surface area contributed by atoms with Gasteiger partial charge in [0.15, 0.2) is 0 Å². The summed E-state index contributed by atoms with van der Waals surface area (Å²) < 4.78 is 5.53. The number of carbonyl (C=O) groups is 1. The zero-order chi connectivity index (χ0) is 15.9. The third kappa shape index (κ3) is 2.39. The van der Waals surface area contributed by atoms with Crippen LogP contribution in [0.2, 0.25) is 0 Å². The Morgan fingerprint density at radius 3 is 2.77 bits per heavy atom. The van der Waals surface area contributed by atoms with Gasteiger partial charge in [0.05, 0.1) is 5.69 Å². The Labute approximate surface area is 129 Å². The molecule has 3 rings (SSSR count). The van der Waals surface area contributed by atoms with Crippen molar-refractivity contribution in [1.29, 1.82) is 0 Å². The average Bonchev–Trinajstić information content (AvgIpc) is 2.84. The molecule has 1 N–H and O–H groups in total. The fourth-order valence-corrected chi connectivity index (χ4v) is 3.56. The van der Waals surface area contributed by atoms with Gasteiger partial charge in [-0.05, 0) is 19.3 Å². The van der Waals surface area contributed by atoms with Crippen LogP contribution in [0.5, 0.6) is 0 Å². The van der Waals surface area contributed by atoms with Gasteiger partial charge in [0, 0.05) is 38.3 Å². The van der Waals surface area contributed by atoms with Gasteiger partial charge in [-0.25, -0.2) is 14.8 Å². The average molecular weight is 306 g/mol. The lowest BCUT2D eigenvalue weighted by Crippen LogP contribution is -2.54. The molecule has 2 heterocycles. The second-order valence-electron chi connectivity index (χ2n) is 6.13. The summed E-state index contributed by atoms with van der Waals surface area (Å²) in [4.78, 5) is 23.7. The Bertz CT molecular complexity index is 580. The van der Waals surface area contributed by atoms with Crippen molar-refractivity contribution in [2.45, 2.75) is 38.3 Å². The first kappa shape index (κ1) is 15.0. The Balaban J connectivity index is 1.91. The molecule has 22 heavy (non-hydrogen) atoms. The van der Waals surface area contributed by atoms with Gasteiger partial charge in [-0.3, -0.25) is 0 Å². The molecule has 0 radical (unpaired) electrons. The maximum Gasteiger partial charge on any atom is 0.407 e. The summed E-state index contributed by atoms with van der Waals surface area (Å²) in [7, 11) is 1.71. The second kappa shape index (κ2) is 5.72. The van der Waals surface area contributed by atoms with Gasteiger partial charge >= 0.3 is 6.09 Å². The van der Waals surface area contributed by atoms with Crippen molar-refractivity contribution < 1.29 is 14.6 Å². The van der Waals surface area contributed by atoms with Gasteiger partial charge < -0.3 is 19.6 Å². The maximum atomic E-state index is 11.1. The highest BCUT2D eigenvalue weighted by Gasteiger charge is 2.36. The summed E-state index contributed by atoms with van der Waals surface area (Å²) in [6.45, 7) is 5.86. The third-order valence-electron chi connectivity index (χ3n) is 4.71. The normalized spacial score (nSPS) is 27.9. The molecule has 1 saturated heterocycles. The number of rotatable bonds is 2. The molecule has 1 aliphatic carbocycles. The molecule has 1 unspecified atom stereocenters. The van der Waals surface area contributed by atoms with E-state index in [9.17, 15) is 4.79 Å². The fourth-order valence-electron chi connectivity index (χ4n) is 3.56. The van der Waals surface area contributed by atoms with E-state index in [-0.39, 0.29) is 12.1 Å². The van der Waals surface area contributed by atoms with Crippen LogP contribution >= 0.6 is 0 Å². The van der Waals surface area contributed by atoms with Crippen LogP contribution in [-0.4, -0.2) is 58.9 Å². The molecular weight excluding hydrogens is 284 g/mol. The lowest BCUT2D eigenvalue weighted by Gasteiger charge is -2.40. The van der Waals surface area contributed by atoms with E-state index in [0.717, 1.165) is 23.5 Å². The summed E-state index contributed by atoms with van der Waals surface area (Å²) in [6, 6.07) is 0.0950. The van der Waals surface area contributed by atoms with E-state index < -0.39 is 6.09 Å². The highest BCUT2D eigenvalue weighted by atomic mass is 16.5. The molecule has 1 fully saturated rings. The first-order chi connectivity index (χ1) is 10.5. The van der Waals surface area contributed by atoms with Gasteiger partial charge in [0.1, 0.15) is 18.2 Å². The van der Waals surface area contributed by atoms with E-state index in [4.69, 9.17) is 9.84 Å². The molecular formula is C15H22N4O3. The number of hydrogen-bond donors (Lipinski definition) is 1. The predicted octanol–water partition coefficient (Wildman–Crippen LogP) is 1.86. The molecule has 0 aromatic carbocycles. The molecule has 120 valence electrons. The van der Waals surface area contributed by atoms with E-state index in [1.807, 2.05) is 6.92 Å². The Morgan fingerprint density at radius 2 is 2.14 bits per heavy atom. The SMILES string of the molecule is CO[C@@H]1C[C@@H](C)c2c1ncnc2N1CCN(C(=O)O)CC1C. The monoisotopic (exact) mass is 306 g/mol. The van der Waals surface area contributed by atoms with E-state index in [2.05, 4.69) is 21.8 Å². The molecule has 1 aliphatic heterocycles. The van der Waals surface area contributed by atoms with Gasteiger partial charge in [0.2, 0.25) is 0 Å². The van der Waals surface area contributed by atoms with Crippen LogP contribution in [-0.2, 0) is 4.74 Å². The number of aromatic nitrogens is 2. The first-order valence-corrected chi connectivity index (χ1v) is 7.65. The highest BCUT2D eigenvalue weighted by Crippen LogP contribution is 2.44. The molecule has 0 saturated carbocycles. The summed E-state index contributed by atoms with van der Waals surface area (Å²) in [5.74, 6) is 1.29. The lowest BCUT2D eigenvalue weighted by atomic mass is 10.0. The molecule has 7 nitrogen and oxygen atoms in total. The smallest absolute Gasteiger partial charge is 0.407 e. The molecule has 3 atom stereocenters. The second-order valence-corrected chi connectivity index (χ2v) is 6.13. The number of fused-ring (bicyclic) bond motifs is 1. The van der Waals surface area contributed by atoms with E-state index in [1.54, 1.807) is 13.4 Å². The quantitative estimate of drug-likeness (QED) is 0.898. The molecule has 0 spiro atoms. The van der Waals surface area contributed by atoms with Crippen molar-refractivity contribution in [3.8, 4) is 0 Å². The van der Waals surface area contributed by atoms with Crippen molar-refractivity contribution in [2.24, 2.45) is 0 Å². The molecule has 1 aromatic rings. The number of methoxy groups -OCH3 is 1. The van der Waals surface area contributed by atoms with E-state index in [0.29, 0.717) is 25.6 Å². The van der Waals surface area contributed by atoms with Gasteiger partial charge in [-0.15, -0.1) is 0 Å². The number of piperazine rings is 1. The van der Waals surface area contributed by atoms with E-state index in [1.165, 1.54) is 4.90 Å². The zero-order valence-electron chi connectivity index (χ0n) is 13.2. The molecule has 1 aromatic heterocycles. The van der Waals surface area contributed by atoms with Crippen molar-refractivity contribution >= 4 is 11.9 Å². The van der Waals surface area contributed by atoms with Gasteiger partial charge in [0.25, 0.3) is 0 Å². The Morgan fingerprint density at radius 1 is 1.36 bits per heavy atom. The number of hydrogen-bond acceptors (Lipinski definition) is 5. The molecule has 0 bridgehead atoms. The minimum Gasteiger partial charge on any atom is -0.465 e. The zero-order valence-corrected chi connectivity index (χ0v) is 13.2. The standard InChI is InChI=1S/C15H22N4O3/c1-9-6-11(22-3)13-12(9)14(17-8-16-13)19-5-4-18(15(20)21)7-10(19)2/h8-11H,4-7H2,1-3H3,(H,20,21)/t9-,10?,11-/m1/s1. The molecule has 2 aliphatic rings. The summed E-state index contributed by atoms with van der Waals surface area (Å²) in [5.41, 5.74) is 2.14. The predicted molar refractivity (Wildman–Crippen MR) is 81.2 cm³/mol. The largest absolute Gasteiger partial charge is 0.465 e. The number of carboxylic acid groups (broad SMARTS) is 1. The van der Waals surface area contributed by atoms with Crippen LogP contribution < -0.4 is 4.90 Å². The number of ether oxygens (including phenoxy) is 1. The number of nitrogens with zero attached hydrogens (tertiary/aromatic N) is 4. The van der Waals surface area contributed by atoms with Gasteiger partial charge in [-0.1, -0.05) is 6.92 Å². The number of amides is 1. The number of anilines is 1. The van der Waals surface area contributed by atoms with Crippen LogP contribution in [0.15, 0.2) is 6.33 Å². The summed E-state index contributed by atoms with van der Waals surface area (Å²) in [5, 5.41) is 9.14. The van der Waals surface area contributed by atoms with Crippen molar-refractivity contribution in [2.75, 3.05) is 31.6 Å². The van der Waals surface area contributed by atoms with Crippen LogP contribution in [0.4, 0.5) is 10.6 Å². The third-order valence-corrected chi connectivity index (χ3v) is 4.71. The lowest BCUT2D eigenvalue weighted by molar-refractivity contribution is 0.0982. The van der Waals surface area contributed by atoms with E-state index >= 15 is 0 Å². The van der Waals surface area contributed by atoms with Crippen LogP contribution in [0.3, 0.4) is 0 Å². The topological polar surface area (TPSA) is 78.8 Å². The van der Waals surface area contributed by atoms with Gasteiger partial charge in [-0.2, -0.15) is 0 Å². The van der Waals surface area contributed by atoms with Crippen molar-refractivity contribution in [1.82, 2.24) is 14.9 Å².